The Morgan fingerprint density at radius 1 is 1.55 bits per heavy atom. The molecule has 61 valence electrons. The third kappa shape index (κ3) is 3.08. The van der Waals surface area contributed by atoms with Crippen molar-refractivity contribution in [1.82, 2.24) is 10.2 Å². The predicted octanol–water partition coefficient (Wildman–Crippen LogP) is 0.639. The summed E-state index contributed by atoms with van der Waals surface area (Å²) in [7, 11) is -3.00. The lowest BCUT2D eigenvalue weighted by Gasteiger charge is -1.88. The van der Waals surface area contributed by atoms with Gasteiger partial charge in [0, 0.05) is 6.26 Å². The summed E-state index contributed by atoms with van der Waals surface area (Å²) in [5.74, 6) is -0.0681. The Morgan fingerprint density at radius 3 is 2.55 bits per heavy atom. The smallest absolute Gasteiger partial charge is 0.204 e. The molecule has 1 aromatic heterocycles. The predicted molar refractivity (Wildman–Crippen MR) is 44.3 cm³/mol. The highest BCUT2D eigenvalue weighted by molar-refractivity contribution is 7.90. The normalized spacial score (nSPS) is 11.7. The molecule has 0 saturated carbocycles. The molecule has 0 aliphatic heterocycles. The van der Waals surface area contributed by atoms with E-state index in [0.717, 1.165) is 17.6 Å². The van der Waals surface area contributed by atoms with Crippen LogP contribution in [0.4, 0.5) is 0 Å². The molecule has 0 atom stereocenters. The molecular formula is C4H5N2O2S3. The second-order valence-electron chi connectivity index (χ2n) is 2.03. The van der Waals surface area contributed by atoms with E-state index in [4.69, 9.17) is 0 Å². The van der Waals surface area contributed by atoms with Gasteiger partial charge in [0.05, 0.1) is 0 Å². The van der Waals surface area contributed by atoms with E-state index in [1.165, 1.54) is 0 Å². The summed E-state index contributed by atoms with van der Waals surface area (Å²) in [5, 5.41) is 7.56. The van der Waals surface area contributed by atoms with E-state index >= 15 is 0 Å². The molecule has 0 aliphatic carbocycles. The zero-order valence-corrected chi connectivity index (χ0v) is 8.09. The third-order valence-electron chi connectivity index (χ3n) is 0.834. The fourth-order valence-electron chi connectivity index (χ4n) is 0.521. The average Bonchev–Trinajstić information content (AvgIpc) is 2.10. The van der Waals surface area contributed by atoms with Crippen molar-refractivity contribution >= 4 is 33.8 Å². The van der Waals surface area contributed by atoms with Crippen LogP contribution in [0.3, 0.4) is 0 Å². The van der Waals surface area contributed by atoms with E-state index in [-0.39, 0.29) is 5.75 Å². The molecule has 1 heterocycles. The van der Waals surface area contributed by atoms with E-state index in [0.29, 0.717) is 9.35 Å². The van der Waals surface area contributed by atoms with E-state index < -0.39 is 9.84 Å². The molecule has 0 bridgehead atoms. The van der Waals surface area contributed by atoms with E-state index in [1.807, 2.05) is 0 Å². The van der Waals surface area contributed by atoms with Crippen LogP contribution >= 0.6 is 24.0 Å². The number of aromatic nitrogens is 2. The molecule has 1 rings (SSSR count). The van der Waals surface area contributed by atoms with Crippen molar-refractivity contribution in [3.63, 3.8) is 0 Å². The van der Waals surface area contributed by atoms with Crippen LogP contribution in [0.25, 0.3) is 0 Å². The van der Waals surface area contributed by atoms with Gasteiger partial charge in [0.2, 0.25) is 4.34 Å². The maximum Gasteiger partial charge on any atom is 0.204 e. The monoisotopic (exact) mass is 209 g/mol. The zero-order chi connectivity index (χ0) is 8.48. The minimum atomic E-state index is -3.00. The Morgan fingerprint density at radius 2 is 2.18 bits per heavy atom. The molecule has 0 aliphatic rings. The molecule has 7 heteroatoms. The number of hydrogen-bond acceptors (Lipinski definition) is 5. The summed E-state index contributed by atoms with van der Waals surface area (Å²) in [6.07, 6.45) is 1.15. The number of nitrogens with zero attached hydrogens (tertiary/aromatic N) is 2. The molecule has 1 aromatic rings. The van der Waals surface area contributed by atoms with Crippen LogP contribution < -0.4 is 0 Å². The Hall–Kier alpha value is -0.270. The summed E-state index contributed by atoms with van der Waals surface area (Å²) in [6.45, 7) is 0. The summed E-state index contributed by atoms with van der Waals surface area (Å²) < 4.78 is 21.8. The van der Waals surface area contributed by atoms with Crippen LogP contribution in [-0.2, 0) is 15.6 Å². The number of hydrogen-bond donors (Lipinski definition) is 0. The molecule has 0 fully saturated rings. The molecule has 0 saturated heterocycles. The standard InChI is InChI=1S/C4H5N2O2S3/c1-11(7,8)2-3-5-6-4(9)10-3/h2H2,1H3. The van der Waals surface area contributed by atoms with Gasteiger partial charge in [-0.2, -0.15) is 0 Å². The lowest BCUT2D eigenvalue weighted by Crippen LogP contribution is -1.99. The molecule has 11 heavy (non-hydrogen) atoms. The highest BCUT2D eigenvalue weighted by Gasteiger charge is 2.08. The van der Waals surface area contributed by atoms with Gasteiger partial charge in [0.25, 0.3) is 0 Å². The first-order valence-corrected chi connectivity index (χ1v) is 5.93. The number of rotatable bonds is 2. The Balaban J connectivity index is 2.81. The van der Waals surface area contributed by atoms with Gasteiger partial charge < -0.3 is 0 Å². The first kappa shape index (κ1) is 8.82. The van der Waals surface area contributed by atoms with Gasteiger partial charge >= 0.3 is 0 Å². The fraction of sp³-hybridized carbons (Fsp3) is 0.500. The fourth-order valence-corrected chi connectivity index (χ4v) is 2.60. The Kier molecular flexibility index (Phi) is 2.40. The zero-order valence-electron chi connectivity index (χ0n) is 5.64. The molecular weight excluding hydrogens is 204 g/mol. The van der Waals surface area contributed by atoms with Crippen molar-refractivity contribution in [3.8, 4) is 0 Å². The second kappa shape index (κ2) is 3.00. The van der Waals surface area contributed by atoms with E-state index in [1.54, 1.807) is 0 Å². The van der Waals surface area contributed by atoms with Crippen LogP contribution in [0.5, 0.6) is 0 Å². The van der Waals surface area contributed by atoms with Gasteiger partial charge in [-0.3, -0.25) is 0 Å². The van der Waals surface area contributed by atoms with Crippen molar-refractivity contribution in [2.75, 3.05) is 6.26 Å². The van der Waals surface area contributed by atoms with Gasteiger partial charge in [-0.1, -0.05) is 11.3 Å². The van der Waals surface area contributed by atoms with Crippen LogP contribution in [0.15, 0.2) is 4.34 Å². The first-order chi connectivity index (χ1) is 4.97. The number of sulfone groups is 1. The average molecular weight is 209 g/mol. The van der Waals surface area contributed by atoms with Gasteiger partial charge in [-0.15, -0.1) is 10.2 Å². The molecule has 0 aromatic carbocycles. The molecule has 0 N–H and O–H groups in total. The lowest BCUT2D eigenvalue weighted by molar-refractivity contribution is 0.600. The molecule has 0 spiro atoms. The van der Waals surface area contributed by atoms with Gasteiger partial charge in [-0.25, -0.2) is 8.42 Å². The summed E-state index contributed by atoms with van der Waals surface area (Å²) in [6, 6.07) is 0. The molecule has 4 nitrogen and oxygen atoms in total. The third-order valence-corrected chi connectivity index (χ3v) is 2.86. The Labute approximate surface area is 74.0 Å². The minimum Gasteiger partial charge on any atom is -0.229 e. The first-order valence-electron chi connectivity index (χ1n) is 2.64. The van der Waals surface area contributed by atoms with Crippen molar-refractivity contribution in [1.29, 1.82) is 0 Å². The van der Waals surface area contributed by atoms with Crippen molar-refractivity contribution in [2.45, 2.75) is 10.1 Å². The van der Waals surface area contributed by atoms with Crippen LogP contribution in [-0.4, -0.2) is 24.9 Å². The van der Waals surface area contributed by atoms with E-state index in [2.05, 4.69) is 22.8 Å². The van der Waals surface area contributed by atoms with Gasteiger partial charge in [0.15, 0.2) is 9.84 Å². The summed E-state index contributed by atoms with van der Waals surface area (Å²) in [4.78, 5) is 0. The van der Waals surface area contributed by atoms with Crippen molar-refractivity contribution in [2.24, 2.45) is 0 Å². The second-order valence-corrected chi connectivity index (χ2v) is 5.88. The van der Waals surface area contributed by atoms with E-state index in [9.17, 15) is 8.42 Å². The highest BCUT2D eigenvalue weighted by atomic mass is 32.2. The topological polar surface area (TPSA) is 59.9 Å². The quantitative estimate of drug-likeness (QED) is 0.717. The van der Waals surface area contributed by atoms with Crippen molar-refractivity contribution in [3.05, 3.63) is 5.01 Å². The summed E-state index contributed by atoms with van der Waals surface area (Å²) >= 11 is 5.80. The van der Waals surface area contributed by atoms with Crippen molar-refractivity contribution < 1.29 is 8.42 Å². The Bertz CT molecular complexity index is 342. The van der Waals surface area contributed by atoms with Crippen LogP contribution in [0.1, 0.15) is 5.01 Å². The molecule has 0 unspecified atom stereocenters. The van der Waals surface area contributed by atoms with Gasteiger partial charge in [-0.05, 0) is 12.6 Å². The highest BCUT2D eigenvalue weighted by Crippen LogP contribution is 2.14. The maximum atomic E-state index is 10.7. The minimum absolute atomic E-state index is 0.0681. The van der Waals surface area contributed by atoms with Crippen LogP contribution in [0, 0.1) is 0 Å². The van der Waals surface area contributed by atoms with Gasteiger partial charge in [0.1, 0.15) is 10.8 Å². The van der Waals surface area contributed by atoms with Crippen LogP contribution in [0.2, 0.25) is 0 Å². The molecule has 1 radical (unpaired) electrons. The summed E-state index contributed by atoms with van der Waals surface area (Å²) in [5.41, 5.74) is 0. The SMILES string of the molecule is CS(=O)(=O)Cc1nnc([S])s1. The largest absolute Gasteiger partial charge is 0.229 e. The molecule has 0 amide bonds. The maximum absolute atomic E-state index is 10.7. The lowest BCUT2D eigenvalue weighted by atomic mass is 10.9.